The van der Waals surface area contributed by atoms with Crippen LogP contribution in [0.4, 0.5) is 13.2 Å². The smallest absolute Gasteiger partial charge is 0.243 e. The molecule has 0 radical (unpaired) electrons. The van der Waals surface area contributed by atoms with Gasteiger partial charge in [0.2, 0.25) is 10.0 Å². The third-order valence-corrected chi connectivity index (χ3v) is 3.53. The van der Waals surface area contributed by atoms with Crippen LogP contribution >= 0.6 is 0 Å². The normalized spacial score (nSPS) is 13.7. The fraction of sp³-hybridized carbons (Fsp3) is 0.333. The molecule has 0 spiro atoms. The third kappa shape index (κ3) is 2.96. The Labute approximate surface area is 96.1 Å². The lowest BCUT2D eigenvalue weighted by Crippen LogP contribution is -2.35. The number of aliphatic hydroxyl groups excluding tert-OH is 1. The molecule has 1 aromatic carbocycles. The van der Waals surface area contributed by atoms with Crippen LogP contribution in [0.1, 0.15) is 6.92 Å². The molecule has 0 amide bonds. The zero-order valence-corrected chi connectivity index (χ0v) is 9.56. The molecule has 96 valence electrons. The fourth-order valence-corrected chi connectivity index (χ4v) is 2.39. The summed E-state index contributed by atoms with van der Waals surface area (Å²) in [6.45, 7) is 0.819. The Morgan fingerprint density at radius 2 is 1.88 bits per heavy atom. The summed E-state index contributed by atoms with van der Waals surface area (Å²) in [5.74, 6) is -5.12. The minimum absolute atomic E-state index is 0.509. The second kappa shape index (κ2) is 5.03. The van der Waals surface area contributed by atoms with E-state index in [1.807, 2.05) is 4.72 Å². The zero-order chi connectivity index (χ0) is 13.2. The molecule has 8 heteroatoms. The van der Waals surface area contributed by atoms with Gasteiger partial charge in [-0.2, -0.15) is 0 Å². The maximum absolute atomic E-state index is 13.2. The van der Waals surface area contributed by atoms with E-state index in [0.29, 0.717) is 12.1 Å². The van der Waals surface area contributed by atoms with Crippen molar-refractivity contribution < 1.29 is 26.7 Å². The summed E-state index contributed by atoms with van der Waals surface area (Å²) < 4.78 is 63.6. The van der Waals surface area contributed by atoms with Crippen molar-refractivity contribution in [2.24, 2.45) is 0 Å². The van der Waals surface area contributed by atoms with Gasteiger partial charge < -0.3 is 5.11 Å². The van der Waals surface area contributed by atoms with Gasteiger partial charge in [-0.05, 0) is 19.1 Å². The Morgan fingerprint density at radius 3 is 2.41 bits per heavy atom. The highest BCUT2D eigenvalue weighted by molar-refractivity contribution is 7.89. The summed E-state index contributed by atoms with van der Waals surface area (Å²) in [7, 11) is -4.33. The van der Waals surface area contributed by atoms with Crippen LogP contribution < -0.4 is 4.72 Å². The minimum atomic E-state index is -4.33. The number of hydrogen-bond acceptors (Lipinski definition) is 3. The maximum atomic E-state index is 13.2. The van der Waals surface area contributed by atoms with Crippen molar-refractivity contribution >= 4 is 10.0 Å². The van der Waals surface area contributed by atoms with Crippen molar-refractivity contribution in [2.45, 2.75) is 17.9 Å². The van der Waals surface area contributed by atoms with Gasteiger partial charge in [0.05, 0.1) is 6.61 Å². The van der Waals surface area contributed by atoms with Gasteiger partial charge in [-0.25, -0.2) is 26.3 Å². The van der Waals surface area contributed by atoms with E-state index in [9.17, 15) is 21.6 Å². The standard InChI is InChI=1S/C9H10F3NO3S/c1-5(4-14)13-17(15,16)7-3-2-6(10)8(11)9(7)12/h2-3,5,13-14H,4H2,1H3/t5-/m0/s1. The van der Waals surface area contributed by atoms with Crippen LogP contribution in [0.15, 0.2) is 17.0 Å². The molecule has 1 atom stereocenters. The van der Waals surface area contributed by atoms with E-state index in [1.54, 1.807) is 0 Å². The van der Waals surface area contributed by atoms with Gasteiger partial charge in [0.15, 0.2) is 17.5 Å². The van der Waals surface area contributed by atoms with E-state index in [0.717, 1.165) is 0 Å². The second-order valence-electron chi connectivity index (χ2n) is 3.38. The minimum Gasteiger partial charge on any atom is -0.395 e. The highest BCUT2D eigenvalue weighted by atomic mass is 32.2. The quantitative estimate of drug-likeness (QED) is 0.793. The fourth-order valence-electron chi connectivity index (χ4n) is 1.08. The van der Waals surface area contributed by atoms with Gasteiger partial charge in [-0.3, -0.25) is 0 Å². The predicted octanol–water partition coefficient (Wildman–Crippen LogP) is 0.763. The molecule has 2 N–H and O–H groups in total. The van der Waals surface area contributed by atoms with Gasteiger partial charge in [0, 0.05) is 6.04 Å². The number of hydrogen-bond donors (Lipinski definition) is 2. The van der Waals surface area contributed by atoms with E-state index in [4.69, 9.17) is 5.11 Å². The van der Waals surface area contributed by atoms with Crippen molar-refractivity contribution in [3.8, 4) is 0 Å². The molecule has 0 aliphatic rings. The van der Waals surface area contributed by atoms with Crippen molar-refractivity contribution in [3.63, 3.8) is 0 Å². The van der Waals surface area contributed by atoms with Crippen LogP contribution in [0.25, 0.3) is 0 Å². The van der Waals surface area contributed by atoms with Crippen LogP contribution in [0.2, 0.25) is 0 Å². The van der Waals surface area contributed by atoms with Gasteiger partial charge in [-0.15, -0.1) is 0 Å². The van der Waals surface area contributed by atoms with Crippen molar-refractivity contribution in [3.05, 3.63) is 29.6 Å². The molecule has 1 rings (SSSR count). The molecular weight excluding hydrogens is 259 g/mol. The first-order valence-electron chi connectivity index (χ1n) is 4.56. The summed E-state index contributed by atoms with van der Waals surface area (Å²) in [4.78, 5) is -1.00. The number of nitrogens with one attached hydrogen (secondary N) is 1. The maximum Gasteiger partial charge on any atom is 0.243 e. The molecule has 0 heterocycles. The highest BCUT2D eigenvalue weighted by Crippen LogP contribution is 2.19. The molecule has 0 aliphatic carbocycles. The first-order chi connectivity index (χ1) is 7.79. The van der Waals surface area contributed by atoms with Crippen molar-refractivity contribution in [2.75, 3.05) is 6.61 Å². The van der Waals surface area contributed by atoms with Crippen molar-refractivity contribution in [1.82, 2.24) is 4.72 Å². The van der Waals surface area contributed by atoms with E-state index in [2.05, 4.69) is 0 Å². The largest absolute Gasteiger partial charge is 0.395 e. The molecule has 17 heavy (non-hydrogen) atoms. The average molecular weight is 269 g/mol. The molecule has 0 aromatic heterocycles. The van der Waals surface area contributed by atoms with Crippen LogP contribution in [-0.2, 0) is 10.0 Å². The van der Waals surface area contributed by atoms with Crippen LogP contribution in [0, 0.1) is 17.5 Å². The Bertz CT molecular complexity index is 518. The lowest BCUT2D eigenvalue weighted by atomic mass is 10.3. The van der Waals surface area contributed by atoms with Gasteiger partial charge >= 0.3 is 0 Å². The molecule has 1 aromatic rings. The van der Waals surface area contributed by atoms with E-state index >= 15 is 0 Å². The number of rotatable bonds is 4. The third-order valence-electron chi connectivity index (χ3n) is 1.92. The molecule has 0 aliphatic heterocycles. The highest BCUT2D eigenvalue weighted by Gasteiger charge is 2.25. The topological polar surface area (TPSA) is 66.4 Å². The molecular formula is C9H10F3NO3S. The Hall–Kier alpha value is -1.12. The number of halogens is 3. The van der Waals surface area contributed by atoms with Crippen LogP contribution in [-0.4, -0.2) is 26.2 Å². The van der Waals surface area contributed by atoms with Crippen LogP contribution in [0.5, 0.6) is 0 Å². The SMILES string of the molecule is C[C@@H](CO)NS(=O)(=O)c1ccc(F)c(F)c1F. The first-order valence-corrected chi connectivity index (χ1v) is 6.04. The van der Waals surface area contributed by atoms with E-state index in [-0.39, 0.29) is 0 Å². The Balaban J connectivity index is 3.21. The van der Waals surface area contributed by atoms with Crippen molar-refractivity contribution in [1.29, 1.82) is 0 Å². The number of aliphatic hydroxyl groups is 1. The lowest BCUT2D eigenvalue weighted by Gasteiger charge is -2.12. The van der Waals surface area contributed by atoms with E-state index in [1.165, 1.54) is 6.92 Å². The molecule has 0 saturated carbocycles. The zero-order valence-electron chi connectivity index (χ0n) is 8.75. The first kappa shape index (κ1) is 13.9. The Kier molecular flexibility index (Phi) is 4.12. The van der Waals surface area contributed by atoms with Gasteiger partial charge in [0.1, 0.15) is 4.90 Å². The monoisotopic (exact) mass is 269 g/mol. The summed E-state index contributed by atoms with van der Waals surface area (Å²) in [6, 6.07) is 0.254. The average Bonchev–Trinajstić information content (AvgIpc) is 2.24. The summed E-state index contributed by atoms with van der Waals surface area (Å²) in [5, 5.41) is 8.66. The molecule has 0 saturated heterocycles. The molecule has 4 nitrogen and oxygen atoms in total. The number of benzene rings is 1. The second-order valence-corrected chi connectivity index (χ2v) is 5.06. The Morgan fingerprint density at radius 1 is 1.29 bits per heavy atom. The lowest BCUT2D eigenvalue weighted by molar-refractivity contribution is 0.265. The predicted molar refractivity (Wildman–Crippen MR) is 53.2 cm³/mol. The van der Waals surface area contributed by atoms with Gasteiger partial charge in [0.25, 0.3) is 0 Å². The summed E-state index contributed by atoms with van der Waals surface area (Å²) in [5.41, 5.74) is 0. The summed E-state index contributed by atoms with van der Waals surface area (Å²) >= 11 is 0. The summed E-state index contributed by atoms with van der Waals surface area (Å²) in [6.07, 6.45) is 0. The number of sulfonamides is 1. The molecule has 0 bridgehead atoms. The van der Waals surface area contributed by atoms with E-state index < -0.39 is 45.0 Å². The van der Waals surface area contributed by atoms with Crippen LogP contribution in [0.3, 0.4) is 0 Å². The molecule has 0 unspecified atom stereocenters. The molecule has 0 fully saturated rings. The van der Waals surface area contributed by atoms with Gasteiger partial charge in [-0.1, -0.05) is 0 Å².